The molecule has 0 amide bonds. The molecule has 0 aliphatic carbocycles. The van der Waals surface area contributed by atoms with Gasteiger partial charge in [0.1, 0.15) is 47.8 Å². The predicted octanol–water partition coefficient (Wildman–Crippen LogP) is 10.5. The number of hydrogen-bond donors (Lipinski definition) is 10. The van der Waals surface area contributed by atoms with Gasteiger partial charge in [-0.3, -0.25) is 0 Å². The van der Waals surface area contributed by atoms with Gasteiger partial charge in [-0.05, 0) is 25.7 Å². The second-order valence-corrected chi connectivity index (χ2v) is 20.3. The van der Waals surface area contributed by atoms with Gasteiger partial charge in [0.15, 0.2) is 0 Å². The van der Waals surface area contributed by atoms with Crippen molar-refractivity contribution in [1.29, 1.82) is 0 Å². The number of rotatable bonds is 52. The molecule has 0 aromatic heterocycles. The van der Waals surface area contributed by atoms with E-state index >= 15 is 0 Å². The van der Waals surface area contributed by atoms with Crippen molar-refractivity contribution in [2.45, 2.75) is 320 Å². The molecular weight excluding hydrogens is 865 g/mol. The molecule has 0 radical (unpaired) electrons. The van der Waals surface area contributed by atoms with Crippen LogP contribution in [0.3, 0.4) is 0 Å². The first-order valence-electron chi connectivity index (χ1n) is 28.8. The molecule has 12 heteroatoms. The van der Waals surface area contributed by atoms with Crippen molar-refractivity contribution < 1.29 is 60.5 Å². The van der Waals surface area contributed by atoms with Crippen LogP contribution in [0.4, 0.5) is 0 Å². The predicted molar refractivity (Wildman–Crippen MR) is 280 cm³/mol. The van der Waals surface area contributed by atoms with Crippen LogP contribution >= 0.6 is 0 Å². The number of ether oxygens (including phenoxy) is 2. The third kappa shape index (κ3) is 35.6. The van der Waals surface area contributed by atoms with E-state index in [1.165, 1.54) is 141 Å². The van der Waals surface area contributed by atoms with E-state index in [1.54, 1.807) is 0 Å². The lowest BCUT2D eigenvalue weighted by molar-refractivity contribution is -0.212. The lowest BCUT2D eigenvalue weighted by atomic mass is 9.82. The SMILES string of the molecule is CCCCCCCCCCCO[C@H]([C@H](O)CO)[C@@](O)(CCCCCCCCCCC)[C@H](O)CO.CCCCCCCCCCCO[C@H]([C@H](O)CO)[C@@](O)(CCCCCCCCCCC)[C@H](O)CO. The molecule has 0 aromatic carbocycles. The van der Waals surface area contributed by atoms with E-state index in [2.05, 4.69) is 27.7 Å². The standard InChI is InChI=1S/2C28H58O6/c2*1-3-5-7-9-11-13-15-17-19-21-28(33,26(32)24-30)27(25(31)23-29)34-22-20-18-16-14-12-10-8-6-4-2/h2*25-27,29-33H,3-24H2,1-2H3/t2*25-,26-,27-,28-/m11/s1. The van der Waals surface area contributed by atoms with E-state index < -0.39 is 74.3 Å². The Balaban J connectivity index is 0. The van der Waals surface area contributed by atoms with E-state index in [0.29, 0.717) is 26.1 Å². The van der Waals surface area contributed by atoms with E-state index in [1.807, 2.05) is 0 Å². The van der Waals surface area contributed by atoms with Gasteiger partial charge < -0.3 is 60.5 Å². The van der Waals surface area contributed by atoms with Crippen LogP contribution < -0.4 is 0 Å². The van der Waals surface area contributed by atoms with Crippen LogP contribution in [0.2, 0.25) is 0 Å². The second-order valence-electron chi connectivity index (χ2n) is 20.3. The Morgan fingerprint density at radius 3 is 0.706 bits per heavy atom. The Bertz CT molecular complexity index is 919. The number of aliphatic hydroxyl groups excluding tert-OH is 8. The van der Waals surface area contributed by atoms with E-state index in [9.17, 15) is 51.1 Å². The summed E-state index contributed by atoms with van der Waals surface area (Å²) in [6.07, 6.45) is 34.0. The zero-order valence-corrected chi connectivity index (χ0v) is 44.9. The molecule has 0 aromatic rings. The van der Waals surface area contributed by atoms with Crippen LogP contribution in [0.25, 0.3) is 0 Å². The third-order valence-electron chi connectivity index (χ3n) is 14.0. The molecular formula is C56H116O12. The van der Waals surface area contributed by atoms with E-state index in [4.69, 9.17) is 9.47 Å². The highest BCUT2D eigenvalue weighted by molar-refractivity contribution is 4.98. The zero-order valence-electron chi connectivity index (χ0n) is 44.9. The highest BCUT2D eigenvalue weighted by Gasteiger charge is 2.48. The summed E-state index contributed by atoms with van der Waals surface area (Å²) >= 11 is 0. The number of hydrogen-bond acceptors (Lipinski definition) is 12. The first-order valence-corrected chi connectivity index (χ1v) is 28.8. The molecule has 0 spiro atoms. The van der Waals surface area contributed by atoms with Crippen molar-refractivity contribution in [3.05, 3.63) is 0 Å². The van der Waals surface area contributed by atoms with Gasteiger partial charge >= 0.3 is 0 Å². The van der Waals surface area contributed by atoms with Gasteiger partial charge in [0.25, 0.3) is 0 Å². The third-order valence-corrected chi connectivity index (χ3v) is 14.0. The van der Waals surface area contributed by atoms with Crippen molar-refractivity contribution in [3.8, 4) is 0 Å². The monoisotopic (exact) mass is 981 g/mol. The average molecular weight is 982 g/mol. The summed E-state index contributed by atoms with van der Waals surface area (Å²) in [6.45, 7) is 7.17. The van der Waals surface area contributed by atoms with Crippen molar-refractivity contribution in [2.24, 2.45) is 0 Å². The fourth-order valence-electron chi connectivity index (χ4n) is 9.37. The molecule has 0 bridgehead atoms. The molecule has 0 aliphatic heterocycles. The van der Waals surface area contributed by atoms with Gasteiger partial charge in [-0.25, -0.2) is 0 Å². The molecule has 0 aliphatic rings. The normalized spacial score (nSPS) is 16.3. The molecule has 8 atom stereocenters. The van der Waals surface area contributed by atoms with Gasteiger partial charge in [0.05, 0.1) is 26.4 Å². The molecule has 0 unspecified atom stereocenters. The maximum atomic E-state index is 11.3. The summed E-state index contributed by atoms with van der Waals surface area (Å²) in [5.41, 5.74) is -3.59. The van der Waals surface area contributed by atoms with Gasteiger partial charge in [0, 0.05) is 13.2 Å². The lowest BCUT2D eigenvalue weighted by Gasteiger charge is -2.41. The van der Waals surface area contributed by atoms with Crippen LogP contribution in [-0.2, 0) is 9.47 Å². The summed E-state index contributed by atoms with van der Waals surface area (Å²) in [5, 5.41) is 102. The molecule has 68 heavy (non-hydrogen) atoms. The average Bonchev–Trinajstić information content (AvgIpc) is 3.35. The number of unbranched alkanes of at least 4 members (excludes halogenated alkanes) is 32. The molecule has 0 heterocycles. The minimum absolute atomic E-state index is 0.212. The summed E-state index contributed by atoms with van der Waals surface area (Å²) in [6, 6.07) is 0. The smallest absolute Gasteiger partial charge is 0.121 e. The van der Waals surface area contributed by atoms with Crippen LogP contribution in [0, 0.1) is 0 Å². The van der Waals surface area contributed by atoms with Gasteiger partial charge in [0.2, 0.25) is 0 Å². The van der Waals surface area contributed by atoms with E-state index in [0.717, 1.165) is 77.0 Å². The molecule has 0 rings (SSSR count). The molecule has 0 fully saturated rings. The van der Waals surface area contributed by atoms with E-state index in [-0.39, 0.29) is 12.8 Å². The Hall–Kier alpha value is -0.480. The lowest BCUT2D eigenvalue weighted by Crippen LogP contribution is -2.59. The van der Waals surface area contributed by atoms with Crippen LogP contribution in [-0.4, -0.2) is 139 Å². The first kappa shape index (κ1) is 69.6. The maximum Gasteiger partial charge on any atom is 0.121 e. The summed E-state index contributed by atoms with van der Waals surface area (Å²) in [7, 11) is 0. The minimum Gasteiger partial charge on any atom is -0.394 e. The zero-order chi connectivity index (χ0) is 51.0. The quantitative estimate of drug-likeness (QED) is 0.0257. The van der Waals surface area contributed by atoms with Crippen molar-refractivity contribution >= 4 is 0 Å². The van der Waals surface area contributed by atoms with Gasteiger partial charge in [-0.2, -0.15) is 0 Å². The number of aliphatic hydroxyl groups is 10. The highest BCUT2D eigenvalue weighted by Crippen LogP contribution is 2.31. The summed E-state index contributed by atoms with van der Waals surface area (Å²) < 4.78 is 11.7. The van der Waals surface area contributed by atoms with Gasteiger partial charge in [-0.1, -0.05) is 246 Å². The Morgan fingerprint density at radius 2 is 0.500 bits per heavy atom. The van der Waals surface area contributed by atoms with Crippen LogP contribution in [0.1, 0.15) is 272 Å². The topological polar surface area (TPSA) is 221 Å². The minimum atomic E-state index is -1.79. The molecule has 12 nitrogen and oxygen atoms in total. The highest BCUT2D eigenvalue weighted by atomic mass is 16.5. The molecule has 10 N–H and O–H groups in total. The summed E-state index contributed by atoms with van der Waals surface area (Å²) in [4.78, 5) is 0. The van der Waals surface area contributed by atoms with Crippen LogP contribution in [0.5, 0.6) is 0 Å². The fraction of sp³-hybridized carbons (Fsp3) is 1.00. The Morgan fingerprint density at radius 1 is 0.294 bits per heavy atom. The molecule has 0 saturated carbocycles. The fourth-order valence-corrected chi connectivity index (χ4v) is 9.37. The van der Waals surface area contributed by atoms with Gasteiger partial charge in [-0.15, -0.1) is 0 Å². The largest absolute Gasteiger partial charge is 0.394 e. The summed E-state index contributed by atoms with van der Waals surface area (Å²) in [5.74, 6) is 0. The Labute approximate surface area is 418 Å². The second kappa shape index (κ2) is 50.1. The Kier molecular flexibility index (Phi) is 51.2. The van der Waals surface area contributed by atoms with Crippen molar-refractivity contribution in [3.63, 3.8) is 0 Å². The maximum absolute atomic E-state index is 11.3. The molecule has 412 valence electrons. The molecule has 0 saturated heterocycles. The first-order chi connectivity index (χ1) is 32.9. The van der Waals surface area contributed by atoms with Crippen molar-refractivity contribution in [1.82, 2.24) is 0 Å². The van der Waals surface area contributed by atoms with Crippen LogP contribution in [0.15, 0.2) is 0 Å². The van der Waals surface area contributed by atoms with Crippen molar-refractivity contribution in [2.75, 3.05) is 39.6 Å².